The zero-order valence-electron chi connectivity index (χ0n) is 17.0. The van der Waals surface area contributed by atoms with Gasteiger partial charge in [-0.2, -0.15) is 5.10 Å². The number of ether oxygens (including phenoxy) is 1. The van der Waals surface area contributed by atoms with Crippen molar-refractivity contribution in [1.29, 1.82) is 0 Å². The number of pyridine rings is 1. The molecule has 1 aliphatic rings. The van der Waals surface area contributed by atoms with Gasteiger partial charge in [0.05, 0.1) is 23.3 Å². The van der Waals surface area contributed by atoms with E-state index in [1.165, 1.54) is 33.8 Å². The molecule has 4 rings (SSSR count). The molecule has 2 heterocycles. The van der Waals surface area contributed by atoms with E-state index >= 15 is 0 Å². The van der Waals surface area contributed by atoms with Gasteiger partial charge >= 0.3 is 0 Å². The van der Waals surface area contributed by atoms with Crippen molar-refractivity contribution in [3.63, 3.8) is 0 Å². The van der Waals surface area contributed by atoms with Gasteiger partial charge in [-0.1, -0.05) is 0 Å². The normalized spacial score (nSPS) is 14.1. The summed E-state index contributed by atoms with van der Waals surface area (Å²) >= 11 is 0. The van der Waals surface area contributed by atoms with Crippen LogP contribution >= 0.6 is 0 Å². The van der Waals surface area contributed by atoms with Gasteiger partial charge in [-0.05, 0) is 37.0 Å². The lowest BCUT2D eigenvalue weighted by molar-refractivity contribution is 0.300. The van der Waals surface area contributed by atoms with Gasteiger partial charge in [0.2, 0.25) is 0 Å². The molecule has 1 N–H and O–H groups in total. The van der Waals surface area contributed by atoms with E-state index in [0.29, 0.717) is 35.0 Å². The number of hydrogen-bond donors (Lipinski definition) is 1. The maximum atomic E-state index is 12.8. The van der Waals surface area contributed by atoms with Crippen LogP contribution in [0.1, 0.15) is 12.8 Å². The van der Waals surface area contributed by atoms with Gasteiger partial charge in [-0.25, -0.2) is 8.42 Å². The van der Waals surface area contributed by atoms with Crippen molar-refractivity contribution in [2.75, 3.05) is 12.9 Å². The van der Waals surface area contributed by atoms with Crippen LogP contribution in [0.15, 0.2) is 46.5 Å². The van der Waals surface area contributed by atoms with Gasteiger partial charge in [-0.15, -0.1) is 0 Å². The number of nitrogens with zero attached hydrogens (tertiary/aromatic N) is 3. The average Bonchev–Trinajstić information content (AvgIpc) is 3.42. The number of sulfone groups is 1. The molecule has 158 valence electrons. The molecule has 0 spiro atoms. The Morgan fingerprint density at radius 2 is 1.93 bits per heavy atom. The van der Waals surface area contributed by atoms with Crippen molar-refractivity contribution in [2.45, 2.75) is 17.7 Å². The van der Waals surface area contributed by atoms with Gasteiger partial charge < -0.3 is 14.4 Å². The topological polar surface area (TPSA) is 103 Å². The second-order valence-corrected chi connectivity index (χ2v) is 9.79. The second-order valence-electron chi connectivity index (χ2n) is 7.77. The van der Waals surface area contributed by atoms with Crippen LogP contribution < -0.4 is 10.3 Å². The minimum atomic E-state index is -3.48. The molecular weight excluding hydrogens is 406 g/mol. The minimum Gasteiger partial charge on any atom is -0.506 e. The molecule has 1 aliphatic carbocycles. The van der Waals surface area contributed by atoms with Crippen molar-refractivity contribution in [3.05, 3.63) is 47.1 Å². The summed E-state index contributed by atoms with van der Waals surface area (Å²) in [5.41, 5.74) is 0.909. The number of aromatic nitrogens is 3. The van der Waals surface area contributed by atoms with Crippen molar-refractivity contribution in [3.8, 4) is 33.8 Å². The zero-order valence-corrected chi connectivity index (χ0v) is 17.8. The summed E-state index contributed by atoms with van der Waals surface area (Å²) in [6.07, 6.45) is 7.96. The van der Waals surface area contributed by atoms with E-state index in [0.717, 1.165) is 19.1 Å². The zero-order chi connectivity index (χ0) is 21.6. The fourth-order valence-corrected chi connectivity index (χ4v) is 3.95. The smallest absolute Gasteiger partial charge is 0.262 e. The molecule has 2 aromatic heterocycles. The highest BCUT2D eigenvalue weighted by Crippen LogP contribution is 2.41. The number of aromatic hydroxyl groups is 1. The molecule has 9 heteroatoms. The van der Waals surface area contributed by atoms with E-state index in [-0.39, 0.29) is 21.8 Å². The molecule has 0 radical (unpaired) electrons. The molecule has 30 heavy (non-hydrogen) atoms. The third-order valence-electron chi connectivity index (χ3n) is 5.18. The Kier molecular flexibility index (Phi) is 4.93. The molecule has 0 bridgehead atoms. The quantitative estimate of drug-likeness (QED) is 0.645. The van der Waals surface area contributed by atoms with Gasteiger partial charge in [0, 0.05) is 49.4 Å². The van der Waals surface area contributed by atoms with Crippen LogP contribution in [0.2, 0.25) is 0 Å². The summed E-state index contributed by atoms with van der Waals surface area (Å²) in [7, 11) is -0.182. The van der Waals surface area contributed by atoms with Crippen LogP contribution in [0, 0.1) is 5.92 Å². The first kappa shape index (κ1) is 20.2. The average molecular weight is 429 g/mol. The molecule has 0 unspecified atom stereocenters. The van der Waals surface area contributed by atoms with Crippen LogP contribution in [0.25, 0.3) is 22.3 Å². The Bertz CT molecular complexity index is 1290. The van der Waals surface area contributed by atoms with E-state index in [9.17, 15) is 18.3 Å². The first-order chi connectivity index (χ1) is 14.1. The van der Waals surface area contributed by atoms with E-state index < -0.39 is 9.84 Å². The lowest BCUT2D eigenvalue weighted by atomic mass is 10.0. The lowest BCUT2D eigenvalue weighted by Gasteiger charge is -2.16. The van der Waals surface area contributed by atoms with E-state index in [2.05, 4.69) is 5.10 Å². The molecule has 0 aliphatic heterocycles. The number of benzene rings is 1. The maximum absolute atomic E-state index is 12.8. The third kappa shape index (κ3) is 3.85. The SMILES string of the molecule is Cn1cc(-c2c(O)c(-c3cc(S(C)(=O)=O)ccc3OCC3CC3)cn(C)c2=O)cn1. The molecular formula is C21H23N3O5S. The highest BCUT2D eigenvalue weighted by Gasteiger charge is 2.25. The summed E-state index contributed by atoms with van der Waals surface area (Å²) in [4.78, 5) is 12.9. The molecule has 3 aromatic rings. The molecule has 1 aromatic carbocycles. The summed E-state index contributed by atoms with van der Waals surface area (Å²) < 4.78 is 33.1. The molecule has 1 saturated carbocycles. The predicted octanol–water partition coefficient (Wildman–Crippen LogP) is 2.35. The third-order valence-corrected chi connectivity index (χ3v) is 6.29. The fraction of sp³-hybridized carbons (Fsp3) is 0.333. The van der Waals surface area contributed by atoms with E-state index in [1.54, 1.807) is 26.4 Å². The van der Waals surface area contributed by atoms with Crippen LogP contribution in [0.4, 0.5) is 0 Å². The first-order valence-electron chi connectivity index (χ1n) is 9.54. The maximum Gasteiger partial charge on any atom is 0.262 e. The minimum absolute atomic E-state index is 0.0981. The van der Waals surface area contributed by atoms with Crippen molar-refractivity contribution < 1.29 is 18.3 Å². The molecule has 0 atom stereocenters. The summed E-state index contributed by atoms with van der Waals surface area (Å²) in [5, 5.41) is 15.1. The van der Waals surface area contributed by atoms with Gasteiger partial charge in [0.1, 0.15) is 11.5 Å². The lowest BCUT2D eigenvalue weighted by Crippen LogP contribution is -2.18. The Hall–Kier alpha value is -3.07. The number of rotatable bonds is 6. The van der Waals surface area contributed by atoms with Crippen LogP contribution in [-0.4, -0.2) is 40.7 Å². The van der Waals surface area contributed by atoms with Gasteiger partial charge in [0.25, 0.3) is 5.56 Å². The standard InChI is InChI=1S/C21H23N3O5S/c1-23-11-17(20(25)19(21(23)26)14-9-22-24(2)10-14)16-8-15(30(3,27)28)6-7-18(16)29-12-13-4-5-13/h6-11,13,25H,4-5,12H2,1-3H3. The van der Waals surface area contributed by atoms with Crippen molar-refractivity contribution in [1.82, 2.24) is 14.3 Å². The predicted molar refractivity (Wildman–Crippen MR) is 112 cm³/mol. The molecule has 0 amide bonds. The Labute approximate surface area is 174 Å². The number of hydrogen-bond acceptors (Lipinski definition) is 6. The molecule has 8 nitrogen and oxygen atoms in total. The molecule has 1 fully saturated rings. The van der Waals surface area contributed by atoms with Crippen LogP contribution in [0.5, 0.6) is 11.5 Å². The van der Waals surface area contributed by atoms with Gasteiger partial charge in [-0.3, -0.25) is 9.48 Å². The second kappa shape index (κ2) is 7.32. The van der Waals surface area contributed by atoms with Gasteiger partial charge in [0.15, 0.2) is 9.84 Å². The van der Waals surface area contributed by atoms with Crippen LogP contribution in [0.3, 0.4) is 0 Å². The number of aryl methyl sites for hydroxylation is 2. The largest absolute Gasteiger partial charge is 0.506 e. The Morgan fingerprint density at radius 3 is 2.53 bits per heavy atom. The highest BCUT2D eigenvalue weighted by atomic mass is 32.2. The Morgan fingerprint density at radius 1 is 1.20 bits per heavy atom. The first-order valence-corrected chi connectivity index (χ1v) is 11.4. The fourth-order valence-electron chi connectivity index (χ4n) is 3.30. The monoisotopic (exact) mass is 429 g/mol. The van der Waals surface area contributed by atoms with Crippen molar-refractivity contribution >= 4 is 9.84 Å². The molecule has 0 saturated heterocycles. The highest BCUT2D eigenvalue weighted by molar-refractivity contribution is 7.90. The Balaban J connectivity index is 1.94. The van der Waals surface area contributed by atoms with E-state index in [1.807, 2.05) is 0 Å². The van der Waals surface area contributed by atoms with Crippen molar-refractivity contribution in [2.24, 2.45) is 20.0 Å². The van der Waals surface area contributed by atoms with E-state index in [4.69, 9.17) is 4.74 Å². The summed E-state index contributed by atoms with van der Waals surface area (Å²) in [6, 6.07) is 4.56. The summed E-state index contributed by atoms with van der Waals surface area (Å²) in [6.45, 7) is 0.521. The summed E-state index contributed by atoms with van der Waals surface area (Å²) in [5.74, 6) is 0.709. The van der Waals surface area contributed by atoms with Crippen LogP contribution in [-0.2, 0) is 23.9 Å².